The fraction of sp³-hybridized carbons (Fsp3) is 0.417. The highest BCUT2D eigenvalue weighted by molar-refractivity contribution is 7.87. The van der Waals surface area contributed by atoms with Crippen molar-refractivity contribution in [1.82, 2.24) is 13.6 Å². The Hall–Kier alpha value is -2.15. The van der Waals surface area contributed by atoms with Gasteiger partial charge in [0.25, 0.3) is 10.2 Å². The Morgan fingerprint density at radius 1 is 1.07 bits per heavy atom. The Morgan fingerprint density at radius 3 is 2.33 bits per heavy atom. The Labute approximate surface area is 180 Å². The van der Waals surface area contributed by atoms with Gasteiger partial charge in [0.05, 0.1) is 0 Å². The lowest BCUT2D eigenvalue weighted by Crippen LogP contribution is -2.36. The van der Waals surface area contributed by atoms with Gasteiger partial charge >= 0.3 is 0 Å². The van der Waals surface area contributed by atoms with Crippen LogP contribution >= 0.6 is 0 Å². The van der Waals surface area contributed by atoms with Crippen LogP contribution in [0.2, 0.25) is 0 Å². The first kappa shape index (κ1) is 22.5. The lowest BCUT2D eigenvalue weighted by molar-refractivity contribution is 0.506. The summed E-state index contributed by atoms with van der Waals surface area (Å²) in [4.78, 5) is 0. The number of aryl methyl sites for hydroxylation is 2. The minimum absolute atomic E-state index is 0.375. The molecule has 0 radical (unpaired) electrons. The predicted octanol–water partition coefficient (Wildman–Crippen LogP) is 4.52. The van der Waals surface area contributed by atoms with E-state index in [1.165, 1.54) is 57.1 Å². The number of benzene rings is 2. The molecular weight excluding hydrogens is 394 g/mol. The molecule has 30 heavy (non-hydrogen) atoms. The summed E-state index contributed by atoms with van der Waals surface area (Å²) >= 11 is 0. The number of nitrogens with zero attached hydrogens (tertiary/aromatic N) is 2. The van der Waals surface area contributed by atoms with E-state index < -0.39 is 10.2 Å². The van der Waals surface area contributed by atoms with Gasteiger partial charge in [-0.25, -0.2) is 4.72 Å². The van der Waals surface area contributed by atoms with E-state index in [9.17, 15) is 8.42 Å². The van der Waals surface area contributed by atoms with E-state index >= 15 is 0 Å². The minimum Gasteiger partial charge on any atom is -0.347 e. The van der Waals surface area contributed by atoms with Gasteiger partial charge in [-0.05, 0) is 60.1 Å². The van der Waals surface area contributed by atoms with Crippen molar-refractivity contribution in [3.8, 4) is 11.1 Å². The molecular formula is C24H33N3O2S. The highest BCUT2D eigenvalue weighted by Gasteiger charge is 2.15. The number of hydrogen-bond donors (Lipinski definition) is 1. The maximum absolute atomic E-state index is 12.0. The molecule has 0 amide bonds. The Morgan fingerprint density at radius 2 is 1.73 bits per heavy atom. The van der Waals surface area contributed by atoms with Crippen LogP contribution in [0.4, 0.5) is 0 Å². The van der Waals surface area contributed by atoms with Crippen LogP contribution in [-0.4, -0.2) is 37.9 Å². The molecule has 0 saturated carbocycles. The van der Waals surface area contributed by atoms with E-state index in [2.05, 4.69) is 79.6 Å². The van der Waals surface area contributed by atoms with Crippen molar-refractivity contribution in [1.29, 1.82) is 0 Å². The van der Waals surface area contributed by atoms with Crippen molar-refractivity contribution in [2.75, 3.05) is 20.6 Å². The van der Waals surface area contributed by atoms with Crippen molar-refractivity contribution in [2.45, 2.75) is 40.7 Å². The van der Waals surface area contributed by atoms with E-state index in [4.69, 9.17) is 0 Å². The molecule has 0 bridgehead atoms. The van der Waals surface area contributed by atoms with Crippen molar-refractivity contribution < 1.29 is 8.42 Å². The molecule has 3 aromatic rings. The molecule has 1 heterocycles. The number of fused-ring (bicyclic) bond motifs is 1. The molecule has 1 aromatic heterocycles. The summed E-state index contributed by atoms with van der Waals surface area (Å²) in [5.41, 5.74) is 7.43. The van der Waals surface area contributed by atoms with E-state index in [1.807, 2.05) is 0 Å². The maximum Gasteiger partial charge on any atom is 0.278 e. The summed E-state index contributed by atoms with van der Waals surface area (Å²) in [5.74, 6) is 0.518. The zero-order valence-corrected chi connectivity index (χ0v) is 19.7. The van der Waals surface area contributed by atoms with Gasteiger partial charge in [0.1, 0.15) is 0 Å². The average Bonchev–Trinajstić information content (AvgIpc) is 2.98. The summed E-state index contributed by atoms with van der Waals surface area (Å²) in [6, 6.07) is 13.1. The molecule has 2 aromatic carbocycles. The third-order valence-electron chi connectivity index (χ3n) is 5.46. The monoisotopic (exact) mass is 427 g/mol. The quantitative estimate of drug-likeness (QED) is 0.575. The Balaban J connectivity index is 2.00. The van der Waals surface area contributed by atoms with Crippen molar-refractivity contribution in [3.63, 3.8) is 0 Å². The van der Waals surface area contributed by atoms with Crippen LogP contribution in [-0.2, 0) is 23.2 Å². The number of nitrogens with one attached hydrogen (secondary N) is 1. The molecule has 0 aliphatic carbocycles. The molecule has 0 unspecified atom stereocenters. The molecule has 162 valence electrons. The number of hydrogen-bond acceptors (Lipinski definition) is 2. The van der Waals surface area contributed by atoms with Crippen LogP contribution in [0.15, 0.2) is 42.6 Å². The molecule has 0 saturated heterocycles. The first-order valence-corrected chi connectivity index (χ1v) is 11.9. The number of rotatable bonds is 8. The zero-order chi connectivity index (χ0) is 22.1. The molecule has 0 atom stereocenters. The molecule has 6 heteroatoms. The summed E-state index contributed by atoms with van der Waals surface area (Å²) in [6.45, 7) is 10.0. The highest BCUT2D eigenvalue weighted by Crippen LogP contribution is 2.32. The summed E-state index contributed by atoms with van der Waals surface area (Å²) in [6.07, 6.45) is 2.83. The molecule has 0 fully saturated rings. The second-order valence-corrected chi connectivity index (χ2v) is 10.6. The van der Waals surface area contributed by atoms with Crippen molar-refractivity contribution in [3.05, 3.63) is 59.3 Å². The van der Waals surface area contributed by atoms with Gasteiger partial charge in [-0.3, -0.25) is 0 Å². The molecule has 0 aliphatic heterocycles. The van der Waals surface area contributed by atoms with Gasteiger partial charge in [0.15, 0.2) is 0 Å². The predicted molar refractivity (Wildman–Crippen MR) is 126 cm³/mol. The lowest BCUT2D eigenvalue weighted by atomic mass is 9.95. The highest BCUT2D eigenvalue weighted by atomic mass is 32.2. The van der Waals surface area contributed by atoms with E-state index in [0.29, 0.717) is 18.9 Å². The smallest absolute Gasteiger partial charge is 0.278 e. The fourth-order valence-electron chi connectivity index (χ4n) is 3.98. The Kier molecular flexibility index (Phi) is 6.70. The van der Waals surface area contributed by atoms with Crippen molar-refractivity contribution in [2.24, 2.45) is 5.92 Å². The van der Waals surface area contributed by atoms with Gasteiger partial charge in [-0.15, -0.1) is 0 Å². The van der Waals surface area contributed by atoms with E-state index in [0.717, 1.165) is 6.54 Å². The average molecular weight is 428 g/mol. The van der Waals surface area contributed by atoms with Crippen LogP contribution in [0.25, 0.3) is 22.0 Å². The van der Waals surface area contributed by atoms with Crippen LogP contribution in [0.1, 0.15) is 30.5 Å². The van der Waals surface area contributed by atoms with E-state index in [1.54, 1.807) is 0 Å². The first-order chi connectivity index (χ1) is 14.1. The van der Waals surface area contributed by atoms with Gasteiger partial charge in [-0.1, -0.05) is 44.2 Å². The summed E-state index contributed by atoms with van der Waals surface area (Å²) in [5, 5.41) is 1.19. The normalized spacial score (nSPS) is 12.4. The first-order valence-electron chi connectivity index (χ1n) is 10.5. The summed E-state index contributed by atoms with van der Waals surface area (Å²) in [7, 11) is -0.342. The van der Waals surface area contributed by atoms with Gasteiger partial charge in [0.2, 0.25) is 0 Å². The molecule has 5 nitrogen and oxygen atoms in total. The van der Waals surface area contributed by atoms with Crippen molar-refractivity contribution >= 4 is 21.1 Å². The van der Waals surface area contributed by atoms with Crippen LogP contribution in [0, 0.1) is 19.8 Å². The lowest BCUT2D eigenvalue weighted by Gasteiger charge is -2.12. The van der Waals surface area contributed by atoms with Gasteiger partial charge < -0.3 is 4.57 Å². The van der Waals surface area contributed by atoms with Gasteiger partial charge in [-0.2, -0.15) is 12.7 Å². The molecule has 1 N–H and O–H groups in total. The van der Waals surface area contributed by atoms with Crippen LogP contribution in [0.3, 0.4) is 0 Å². The Bertz CT molecular complexity index is 1120. The van der Waals surface area contributed by atoms with Crippen LogP contribution in [0.5, 0.6) is 0 Å². The largest absolute Gasteiger partial charge is 0.347 e. The SMILES string of the molecule is Cc1cccc(C)c1-c1ccc2c(CCNS(=O)(=O)N(C)C)cn(CC(C)C)c2c1. The molecule has 0 aliphatic rings. The standard InChI is InChI=1S/C24H33N3O2S/c1-17(2)15-27-16-21(12-13-25-30(28,29)26(5)6)22-11-10-20(14-23(22)27)24-18(3)8-7-9-19(24)4/h7-11,14,16-17,25H,12-13,15H2,1-6H3. The second-order valence-electron chi connectivity index (χ2n) is 8.63. The van der Waals surface area contributed by atoms with Crippen LogP contribution < -0.4 is 4.72 Å². The second kappa shape index (κ2) is 8.92. The molecule has 3 rings (SSSR count). The zero-order valence-electron chi connectivity index (χ0n) is 18.9. The van der Waals surface area contributed by atoms with Gasteiger partial charge in [0, 0.05) is 44.3 Å². The third-order valence-corrected chi connectivity index (χ3v) is 6.99. The summed E-state index contributed by atoms with van der Waals surface area (Å²) < 4.78 is 30.2. The number of aromatic nitrogens is 1. The topological polar surface area (TPSA) is 54.3 Å². The third kappa shape index (κ3) is 4.77. The molecule has 0 spiro atoms. The maximum atomic E-state index is 12.0. The minimum atomic E-state index is -3.41. The van der Waals surface area contributed by atoms with E-state index in [-0.39, 0.29) is 0 Å². The fourth-order valence-corrected chi connectivity index (χ4v) is 4.60.